The standard InChI is InChI=1S/C34H38ClFN6O2/c1-34(2,3)44-33(43)42-21-13-14-22(42)17-40(16-21)31-26-15-27(35)28(25-12-8-10-20-9-6-7-11-24(20)25)29(36)30(26)37-32(38-31)41-18-23(19-41)39(4)5/h6-12,15,21-23H,13-14,16-19H2,1-5H3/t21-,22+. The average Bonchev–Trinajstić information content (AvgIpc) is 3.21. The van der Waals surface area contributed by atoms with Gasteiger partial charge in [-0.2, -0.15) is 4.98 Å². The zero-order valence-corrected chi connectivity index (χ0v) is 26.6. The molecule has 7 rings (SSSR count). The van der Waals surface area contributed by atoms with Crippen LogP contribution < -0.4 is 9.80 Å². The molecule has 0 saturated carbocycles. The molecule has 0 spiro atoms. The summed E-state index contributed by atoms with van der Waals surface area (Å²) in [7, 11) is 4.12. The van der Waals surface area contributed by atoms with E-state index in [9.17, 15) is 4.79 Å². The molecule has 3 saturated heterocycles. The molecule has 0 aliphatic carbocycles. The maximum absolute atomic E-state index is 16.9. The number of nitrogens with zero attached hydrogens (tertiary/aromatic N) is 6. The lowest BCUT2D eigenvalue weighted by atomic mass is 9.96. The van der Waals surface area contributed by atoms with Crippen molar-refractivity contribution in [3.63, 3.8) is 0 Å². The summed E-state index contributed by atoms with van der Waals surface area (Å²) in [5.41, 5.74) is 0.766. The van der Waals surface area contributed by atoms with Gasteiger partial charge < -0.3 is 19.4 Å². The number of ether oxygens (including phenoxy) is 1. The number of fused-ring (bicyclic) bond motifs is 4. The number of halogens is 2. The lowest BCUT2D eigenvalue weighted by molar-refractivity contribution is 0.0123. The van der Waals surface area contributed by atoms with E-state index in [0.717, 1.165) is 42.3 Å². The molecule has 230 valence electrons. The molecular weight excluding hydrogens is 579 g/mol. The zero-order valence-electron chi connectivity index (χ0n) is 25.8. The second-order valence-electron chi connectivity index (χ2n) is 13.5. The molecule has 2 atom stereocenters. The Balaban J connectivity index is 1.33. The number of carbonyl (C=O) groups excluding carboxylic acids is 1. The first-order valence-corrected chi connectivity index (χ1v) is 15.7. The highest BCUT2D eigenvalue weighted by molar-refractivity contribution is 6.35. The fourth-order valence-electron chi connectivity index (χ4n) is 6.88. The summed E-state index contributed by atoms with van der Waals surface area (Å²) >= 11 is 6.95. The number of aromatic nitrogens is 2. The van der Waals surface area contributed by atoms with Crippen molar-refractivity contribution in [3.05, 3.63) is 59.4 Å². The van der Waals surface area contributed by atoms with Crippen LogP contribution in [-0.4, -0.2) is 89.9 Å². The van der Waals surface area contributed by atoms with Gasteiger partial charge in [-0.05, 0) is 70.1 Å². The molecule has 8 nitrogen and oxygen atoms in total. The number of rotatable bonds is 4. The third-order valence-corrected chi connectivity index (χ3v) is 9.47. The molecule has 44 heavy (non-hydrogen) atoms. The summed E-state index contributed by atoms with van der Waals surface area (Å²) in [6, 6.07) is 15.9. The van der Waals surface area contributed by atoms with E-state index in [-0.39, 0.29) is 23.7 Å². The third kappa shape index (κ3) is 5.00. The normalized spacial score (nSPS) is 20.6. The minimum absolute atomic E-state index is 0.0190. The van der Waals surface area contributed by atoms with Crippen molar-refractivity contribution in [1.82, 2.24) is 19.8 Å². The van der Waals surface area contributed by atoms with E-state index < -0.39 is 11.4 Å². The Hall–Kier alpha value is -3.69. The van der Waals surface area contributed by atoms with Gasteiger partial charge in [-0.3, -0.25) is 4.90 Å². The first-order valence-electron chi connectivity index (χ1n) is 15.3. The van der Waals surface area contributed by atoms with Crippen LogP contribution in [0.3, 0.4) is 0 Å². The highest BCUT2D eigenvalue weighted by atomic mass is 35.5. The minimum atomic E-state index is -0.566. The van der Waals surface area contributed by atoms with E-state index in [1.54, 1.807) is 0 Å². The van der Waals surface area contributed by atoms with Crippen LogP contribution >= 0.6 is 11.6 Å². The van der Waals surface area contributed by atoms with Crippen LogP contribution in [0.5, 0.6) is 0 Å². The van der Waals surface area contributed by atoms with Gasteiger partial charge in [-0.25, -0.2) is 14.2 Å². The molecule has 1 amide bonds. The lowest BCUT2D eigenvalue weighted by Crippen LogP contribution is -2.58. The van der Waals surface area contributed by atoms with Crippen LogP contribution in [-0.2, 0) is 4.74 Å². The Morgan fingerprint density at radius 1 is 0.955 bits per heavy atom. The molecule has 0 N–H and O–H groups in total. The lowest BCUT2D eigenvalue weighted by Gasteiger charge is -2.44. The number of amides is 1. The molecule has 3 aliphatic rings. The highest BCUT2D eigenvalue weighted by Gasteiger charge is 2.45. The smallest absolute Gasteiger partial charge is 0.410 e. The predicted molar refractivity (Wildman–Crippen MR) is 174 cm³/mol. The van der Waals surface area contributed by atoms with Crippen LogP contribution in [0.2, 0.25) is 5.02 Å². The van der Waals surface area contributed by atoms with Gasteiger partial charge in [0.2, 0.25) is 5.95 Å². The van der Waals surface area contributed by atoms with Gasteiger partial charge >= 0.3 is 6.09 Å². The number of likely N-dealkylation sites (N-methyl/N-ethyl adjacent to an activating group) is 1. The van der Waals surface area contributed by atoms with Crippen molar-refractivity contribution in [2.24, 2.45) is 0 Å². The fraction of sp³-hybridized carbons (Fsp3) is 0.441. The molecule has 0 unspecified atom stereocenters. The monoisotopic (exact) mass is 616 g/mol. The maximum atomic E-state index is 16.9. The van der Waals surface area contributed by atoms with Gasteiger partial charge in [0, 0.05) is 43.2 Å². The Labute approximate surface area is 262 Å². The molecule has 3 aliphatic heterocycles. The molecule has 2 bridgehead atoms. The molecule has 1 aromatic heterocycles. The molecule has 4 heterocycles. The first-order chi connectivity index (χ1) is 21.0. The first kappa shape index (κ1) is 29.0. The second kappa shape index (κ2) is 10.7. The fourth-order valence-corrected chi connectivity index (χ4v) is 7.17. The van der Waals surface area contributed by atoms with Crippen molar-refractivity contribution in [3.8, 4) is 11.1 Å². The van der Waals surface area contributed by atoms with Crippen molar-refractivity contribution in [1.29, 1.82) is 0 Å². The predicted octanol–water partition coefficient (Wildman–Crippen LogP) is 6.58. The van der Waals surface area contributed by atoms with E-state index in [4.69, 9.17) is 26.3 Å². The summed E-state index contributed by atoms with van der Waals surface area (Å²) in [6.07, 6.45) is 1.49. The van der Waals surface area contributed by atoms with Gasteiger partial charge in [-0.1, -0.05) is 54.1 Å². The largest absolute Gasteiger partial charge is 0.444 e. The van der Waals surface area contributed by atoms with Crippen LogP contribution in [0.15, 0.2) is 48.5 Å². The van der Waals surface area contributed by atoms with Gasteiger partial charge in [0.1, 0.15) is 16.9 Å². The van der Waals surface area contributed by atoms with E-state index in [2.05, 4.69) is 28.8 Å². The van der Waals surface area contributed by atoms with Crippen LogP contribution in [0, 0.1) is 5.82 Å². The van der Waals surface area contributed by atoms with Crippen LogP contribution in [0.1, 0.15) is 33.6 Å². The number of hydrogen-bond donors (Lipinski definition) is 0. The Morgan fingerprint density at radius 2 is 1.64 bits per heavy atom. The summed E-state index contributed by atoms with van der Waals surface area (Å²) < 4.78 is 22.6. The highest BCUT2D eigenvalue weighted by Crippen LogP contribution is 2.43. The van der Waals surface area contributed by atoms with E-state index in [1.165, 1.54) is 0 Å². The van der Waals surface area contributed by atoms with Gasteiger partial charge in [0.15, 0.2) is 5.82 Å². The topological polar surface area (TPSA) is 65.0 Å². The van der Waals surface area contributed by atoms with E-state index in [1.807, 2.05) is 74.2 Å². The van der Waals surface area contributed by atoms with Crippen molar-refractivity contribution >= 4 is 51.1 Å². The number of anilines is 2. The summed E-state index contributed by atoms with van der Waals surface area (Å²) in [5.74, 6) is 0.718. The Morgan fingerprint density at radius 3 is 2.32 bits per heavy atom. The molecule has 3 aromatic carbocycles. The number of piperazine rings is 1. The van der Waals surface area contributed by atoms with Crippen molar-refractivity contribution in [2.75, 3.05) is 50.1 Å². The van der Waals surface area contributed by atoms with E-state index >= 15 is 4.39 Å². The van der Waals surface area contributed by atoms with Crippen molar-refractivity contribution < 1.29 is 13.9 Å². The molecule has 4 aromatic rings. The number of benzene rings is 3. The third-order valence-electron chi connectivity index (χ3n) is 9.17. The average molecular weight is 617 g/mol. The summed E-state index contributed by atoms with van der Waals surface area (Å²) in [5, 5.41) is 2.83. The number of carbonyl (C=O) groups is 1. The van der Waals surface area contributed by atoms with E-state index in [0.29, 0.717) is 46.9 Å². The second-order valence-corrected chi connectivity index (χ2v) is 13.9. The molecular formula is C34H38ClFN6O2. The number of hydrogen-bond acceptors (Lipinski definition) is 7. The van der Waals surface area contributed by atoms with Crippen molar-refractivity contribution in [2.45, 2.75) is 57.3 Å². The molecule has 10 heteroatoms. The van der Waals surface area contributed by atoms with Gasteiger partial charge in [0.25, 0.3) is 0 Å². The summed E-state index contributed by atoms with van der Waals surface area (Å²) in [6.45, 7) is 8.34. The van der Waals surface area contributed by atoms with Crippen LogP contribution in [0.4, 0.5) is 21.0 Å². The molecule has 3 fully saturated rings. The SMILES string of the molecule is CN(C)C1CN(c2nc(N3C[C@H]4CC[C@@H](C3)N4C(=O)OC(C)(C)C)c3cc(Cl)c(-c4cccc5ccccc45)c(F)c3n2)C1. The molecule has 0 radical (unpaired) electrons. The summed E-state index contributed by atoms with van der Waals surface area (Å²) in [4.78, 5) is 31.4. The van der Waals surface area contributed by atoms with Gasteiger partial charge in [-0.15, -0.1) is 0 Å². The zero-order chi connectivity index (χ0) is 30.9. The Bertz CT molecular complexity index is 1750. The van der Waals surface area contributed by atoms with Crippen LogP contribution in [0.25, 0.3) is 32.8 Å². The maximum Gasteiger partial charge on any atom is 0.410 e. The van der Waals surface area contributed by atoms with Gasteiger partial charge in [0.05, 0.1) is 17.1 Å². The quantitative estimate of drug-likeness (QED) is 0.257. The Kier molecular flexibility index (Phi) is 7.09. The minimum Gasteiger partial charge on any atom is -0.444 e.